The molecule has 0 unspecified atom stereocenters. The zero-order chi connectivity index (χ0) is 16.8. The van der Waals surface area contributed by atoms with Crippen LogP contribution < -0.4 is 10.6 Å². The van der Waals surface area contributed by atoms with E-state index in [2.05, 4.69) is 20.7 Å². The normalized spacial score (nSPS) is 11.3. The van der Waals surface area contributed by atoms with Gasteiger partial charge >= 0.3 is 0 Å². The minimum absolute atomic E-state index is 0. The van der Waals surface area contributed by atoms with E-state index in [1.54, 1.807) is 7.05 Å². The van der Waals surface area contributed by atoms with Crippen LogP contribution in [0, 0.1) is 6.92 Å². The van der Waals surface area contributed by atoms with Gasteiger partial charge in [-0.05, 0) is 25.0 Å². The lowest BCUT2D eigenvalue weighted by Gasteiger charge is -2.12. The number of aryl methyl sites for hydroxylation is 2. The first kappa shape index (κ1) is 21.1. The van der Waals surface area contributed by atoms with Crippen molar-refractivity contribution in [1.29, 1.82) is 0 Å². The van der Waals surface area contributed by atoms with Crippen molar-refractivity contribution >= 4 is 53.1 Å². The van der Waals surface area contributed by atoms with Crippen LogP contribution in [0.3, 0.4) is 0 Å². The van der Waals surface area contributed by atoms with E-state index in [-0.39, 0.29) is 24.0 Å². The molecule has 0 radical (unpaired) electrons. The Kier molecular flexibility index (Phi) is 8.93. The Bertz CT molecular complexity index is 680. The average Bonchev–Trinajstić information content (AvgIpc) is 3.05. The molecule has 0 aliphatic heterocycles. The van der Waals surface area contributed by atoms with Crippen molar-refractivity contribution in [3.05, 3.63) is 39.9 Å². The van der Waals surface area contributed by atoms with Gasteiger partial charge in [0.25, 0.3) is 0 Å². The molecule has 0 saturated carbocycles. The largest absolute Gasteiger partial charge is 0.356 e. The molecular formula is C15H23Cl2IN6. The molecule has 2 N–H and O–H groups in total. The fraction of sp³-hybridized carbons (Fsp3) is 0.467. The summed E-state index contributed by atoms with van der Waals surface area (Å²) in [6.45, 7) is 4.32. The molecular weight excluding hydrogens is 462 g/mol. The van der Waals surface area contributed by atoms with Crippen molar-refractivity contribution in [3.8, 4) is 0 Å². The molecule has 0 amide bonds. The van der Waals surface area contributed by atoms with Crippen LogP contribution in [0.5, 0.6) is 0 Å². The quantitative estimate of drug-likeness (QED) is 0.286. The Morgan fingerprint density at radius 2 is 2.08 bits per heavy atom. The number of aromatic nitrogens is 3. The molecule has 134 valence electrons. The Balaban J connectivity index is 0.00000288. The molecule has 0 aliphatic rings. The smallest absolute Gasteiger partial charge is 0.191 e. The lowest BCUT2D eigenvalue weighted by Crippen LogP contribution is -2.37. The number of aliphatic imine (C=N–C) groups is 1. The van der Waals surface area contributed by atoms with Gasteiger partial charge in [-0.2, -0.15) is 5.10 Å². The molecule has 2 aromatic heterocycles. The third kappa shape index (κ3) is 5.86. The predicted octanol–water partition coefficient (Wildman–Crippen LogP) is 3.21. The van der Waals surface area contributed by atoms with Crippen LogP contribution in [0.2, 0.25) is 10.2 Å². The summed E-state index contributed by atoms with van der Waals surface area (Å²) in [6.07, 6.45) is 4.86. The highest BCUT2D eigenvalue weighted by Gasteiger charge is 2.09. The van der Waals surface area contributed by atoms with Gasteiger partial charge in [0.2, 0.25) is 0 Å². The van der Waals surface area contributed by atoms with Crippen molar-refractivity contribution in [1.82, 2.24) is 25.0 Å². The number of halogens is 3. The van der Waals surface area contributed by atoms with Gasteiger partial charge in [-0.3, -0.25) is 9.67 Å². The molecule has 0 aromatic carbocycles. The van der Waals surface area contributed by atoms with Gasteiger partial charge in [0.15, 0.2) is 5.96 Å². The summed E-state index contributed by atoms with van der Waals surface area (Å²) < 4.78 is 3.80. The van der Waals surface area contributed by atoms with E-state index in [1.165, 1.54) is 5.56 Å². The summed E-state index contributed by atoms with van der Waals surface area (Å²) >= 11 is 12.1. The minimum atomic E-state index is 0. The summed E-state index contributed by atoms with van der Waals surface area (Å²) in [4.78, 5) is 4.21. The van der Waals surface area contributed by atoms with E-state index in [1.807, 2.05) is 41.7 Å². The molecule has 24 heavy (non-hydrogen) atoms. The highest BCUT2D eigenvalue weighted by molar-refractivity contribution is 14.0. The van der Waals surface area contributed by atoms with Gasteiger partial charge in [-0.25, -0.2) is 0 Å². The molecule has 0 aliphatic carbocycles. The second kappa shape index (κ2) is 10.1. The maximum Gasteiger partial charge on any atom is 0.191 e. The molecule has 0 spiro atoms. The van der Waals surface area contributed by atoms with Crippen LogP contribution in [-0.4, -0.2) is 33.9 Å². The number of nitrogens with one attached hydrogen (secondary N) is 2. The number of hydrogen-bond donors (Lipinski definition) is 2. The second-order valence-electron chi connectivity index (χ2n) is 5.32. The molecule has 0 atom stereocenters. The van der Waals surface area contributed by atoms with E-state index in [0.717, 1.165) is 31.2 Å². The van der Waals surface area contributed by atoms with Crippen LogP contribution in [0.1, 0.15) is 17.7 Å². The first-order chi connectivity index (χ1) is 11.0. The minimum Gasteiger partial charge on any atom is -0.356 e. The third-order valence-corrected chi connectivity index (χ3v) is 4.34. The summed E-state index contributed by atoms with van der Waals surface area (Å²) in [5.74, 6) is 0.745. The van der Waals surface area contributed by atoms with Crippen molar-refractivity contribution in [2.75, 3.05) is 13.6 Å². The Hall–Kier alpha value is -0.930. The molecule has 9 heteroatoms. The molecule has 6 nitrogen and oxygen atoms in total. The highest BCUT2D eigenvalue weighted by atomic mass is 127. The van der Waals surface area contributed by atoms with Gasteiger partial charge in [0, 0.05) is 39.1 Å². The van der Waals surface area contributed by atoms with Crippen LogP contribution in [0.4, 0.5) is 0 Å². The fourth-order valence-corrected chi connectivity index (χ4v) is 2.61. The average molecular weight is 485 g/mol. The molecule has 0 bridgehead atoms. The third-order valence-electron chi connectivity index (χ3n) is 3.50. The van der Waals surface area contributed by atoms with Crippen LogP contribution >= 0.6 is 47.2 Å². The molecule has 2 rings (SSSR count). The Morgan fingerprint density at radius 1 is 1.33 bits per heavy atom. The Labute approximate surface area is 169 Å². The summed E-state index contributed by atoms with van der Waals surface area (Å²) in [7, 11) is 3.63. The van der Waals surface area contributed by atoms with E-state index in [0.29, 0.717) is 16.7 Å². The lowest BCUT2D eigenvalue weighted by molar-refractivity contribution is 0.569. The van der Waals surface area contributed by atoms with Crippen LogP contribution in [0.15, 0.2) is 23.5 Å². The number of nitrogens with zero attached hydrogens (tertiary/aromatic N) is 4. The van der Waals surface area contributed by atoms with E-state index >= 15 is 0 Å². The van der Waals surface area contributed by atoms with Gasteiger partial charge in [-0.1, -0.05) is 23.2 Å². The maximum atomic E-state index is 6.06. The van der Waals surface area contributed by atoms with E-state index in [9.17, 15) is 0 Å². The zero-order valence-corrected chi connectivity index (χ0v) is 17.9. The summed E-state index contributed by atoms with van der Waals surface area (Å²) in [6, 6.07) is 1.85. The maximum absolute atomic E-state index is 6.06. The first-order valence-electron chi connectivity index (χ1n) is 7.44. The first-order valence-corrected chi connectivity index (χ1v) is 8.20. The second-order valence-corrected chi connectivity index (χ2v) is 6.09. The van der Waals surface area contributed by atoms with Gasteiger partial charge in [0.1, 0.15) is 5.15 Å². The monoisotopic (exact) mass is 484 g/mol. The molecule has 0 saturated heterocycles. The lowest BCUT2D eigenvalue weighted by atomic mass is 10.4. The summed E-state index contributed by atoms with van der Waals surface area (Å²) in [5.41, 5.74) is 2.17. The predicted molar refractivity (Wildman–Crippen MR) is 111 cm³/mol. The van der Waals surface area contributed by atoms with Gasteiger partial charge in [0.05, 0.1) is 17.8 Å². The van der Waals surface area contributed by atoms with Gasteiger partial charge in [-0.15, -0.1) is 24.0 Å². The topological polar surface area (TPSA) is 59.2 Å². The van der Waals surface area contributed by atoms with E-state index < -0.39 is 0 Å². The van der Waals surface area contributed by atoms with E-state index in [4.69, 9.17) is 23.2 Å². The van der Waals surface area contributed by atoms with Crippen molar-refractivity contribution in [3.63, 3.8) is 0 Å². The SMILES string of the molecule is CN=C(NCCCn1cc(C)cn1)NCc1cc(Cl)c(Cl)n1C.I. The zero-order valence-electron chi connectivity index (χ0n) is 14.0. The molecule has 2 heterocycles. The number of rotatable bonds is 6. The van der Waals surface area contributed by atoms with Crippen molar-refractivity contribution < 1.29 is 0 Å². The Morgan fingerprint density at radius 3 is 2.62 bits per heavy atom. The number of hydrogen-bond acceptors (Lipinski definition) is 2. The number of guanidine groups is 1. The van der Waals surface area contributed by atoms with Gasteiger partial charge < -0.3 is 15.2 Å². The molecule has 2 aromatic rings. The highest BCUT2D eigenvalue weighted by Crippen LogP contribution is 2.24. The van der Waals surface area contributed by atoms with Crippen molar-refractivity contribution in [2.45, 2.75) is 26.4 Å². The van der Waals surface area contributed by atoms with Crippen LogP contribution in [-0.2, 0) is 20.1 Å². The standard InChI is InChI=1S/C15H22Cl2N6.HI/c1-11-8-21-23(10-11)6-4-5-19-15(18-2)20-9-12-7-13(16)14(17)22(12)3;/h7-8,10H,4-6,9H2,1-3H3,(H2,18,19,20);1H. The van der Waals surface area contributed by atoms with Crippen molar-refractivity contribution in [2.24, 2.45) is 12.0 Å². The fourth-order valence-electron chi connectivity index (χ4n) is 2.19. The summed E-state index contributed by atoms with van der Waals surface area (Å²) in [5, 5.41) is 11.9. The molecule has 0 fully saturated rings. The van der Waals surface area contributed by atoms with Crippen LogP contribution in [0.25, 0.3) is 0 Å².